The van der Waals surface area contributed by atoms with Gasteiger partial charge in [-0.25, -0.2) is 0 Å². The Morgan fingerprint density at radius 3 is 2.82 bits per heavy atom. The highest BCUT2D eigenvalue weighted by atomic mass is 79.9. The number of fused-ring (bicyclic) bond motifs is 1. The molecule has 1 heterocycles. The quantitative estimate of drug-likeness (QED) is 0.878. The van der Waals surface area contributed by atoms with Crippen LogP contribution in [0.15, 0.2) is 16.6 Å². The second-order valence-electron chi connectivity index (χ2n) is 4.84. The van der Waals surface area contributed by atoms with Crippen molar-refractivity contribution in [2.24, 2.45) is 5.73 Å². The van der Waals surface area contributed by atoms with E-state index in [0.29, 0.717) is 11.3 Å². The van der Waals surface area contributed by atoms with Gasteiger partial charge in [0, 0.05) is 16.5 Å². The first-order valence-corrected chi connectivity index (χ1v) is 6.09. The number of rotatable bonds is 2. The molecule has 0 aliphatic carbocycles. The lowest BCUT2D eigenvalue weighted by atomic mass is 9.98. The molecule has 0 fully saturated rings. The molecule has 3 N–H and O–H groups in total. The van der Waals surface area contributed by atoms with Gasteiger partial charge in [-0.15, -0.1) is 0 Å². The number of carboxylic acid groups (broad SMARTS) is 1. The van der Waals surface area contributed by atoms with Gasteiger partial charge in [0.15, 0.2) is 0 Å². The Balaban J connectivity index is 2.52. The third-order valence-electron chi connectivity index (χ3n) is 2.75. The highest BCUT2D eigenvalue weighted by Crippen LogP contribution is 2.41. The van der Waals surface area contributed by atoms with Gasteiger partial charge in [0.25, 0.3) is 0 Å². The Bertz CT molecular complexity index is 485. The van der Waals surface area contributed by atoms with Gasteiger partial charge in [-0.05, 0) is 31.5 Å². The van der Waals surface area contributed by atoms with Crippen LogP contribution in [0.2, 0.25) is 0 Å². The van der Waals surface area contributed by atoms with Crippen LogP contribution in [0.3, 0.4) is 0 Å². The third-order valence-corrected chi connectivity index (χ3v) is 3.21. The van der Waals surface area contributed by atoms with Gasteiger partial charge in [0.1, 0.15) is 17.4 Å². The van der Waals surface area contributed by atoms with Crippen molar-refractivity contribution in [1.82, 2.24) is 0 Å². The fraction of sp³-hybridized carbons (Fsp3) is 0.417. The number of halogens is 1. The number of ether oxygens (including phenoxy) is 1. The Morgan fingerprint density at radius 1 is 1.59 bits per heavy atom. The number of carboxylic acids is 1. The molecular formula is C12H14BrNO3. The van der Waals surface area contributed by atoms with Gasteiger partial charge in [0.2, 0.25) is 0 Å². The minimum absolute atomic E-state index is 0.309. The van der Waals surface area contributed by atoms with Crippen molar-refractivity contribution in [2.75, 3.05) is 0 Å². The Morgan fingerprint density at radius 2 is 2.24 bits per heavy atom. The fourth-order valence-electron chi connectivity index (χ4n) is 2.06. The normalized spacial score (nSPS) is 18.4. The van der Waals surface area contributed by atoms with Crippen LogP contribution in [0.25, 0.3) is 0 Å². The van der Waals surface area contributed by atoms with Gasteiger partial charge in [-0.2, -0.15) is 0 Å². The molecule has 4 nitrogen and oxygen atoms in total. The summed E-state index contributed by atoms with van der Waals surface area (Å²) in [6, 6.07) is 2.59. The number of carbonyl (C=O) groups is 1. The fourth-order valence-corrected chi connectivity index (χ4v) is 2.59. The van der Waals surface area contributed by atoms with Crippen LogP contribution in [-0.2, 0) is 11.2 Å². The van der Waals surface area contributed by atoms with E-state index in [0.717, 1.165) is 16.5 Å². The smallest absolute Gasteiger partial charge is 0.325 e. The van der Waals surface area contributed by atoms with Crippen LogP contribution < -0.4 is 10.5 Å². The summed E-state index contributed by atoms with van der Waals surface area (Å²) in [7, 11) is 0. The maximum atomic E-state index is 11.0. The van der Waals surface area contributed by atoms with E-state index in [4.69, 9.17) is 15.6 Å². The van der Waals surface area contributed by atoms with Crippen molar-refractivity contribution in [3.63, 3.8) is 0 Å². The average Bonchev–Trinajstić information content (AvgIpc) is 2.49. The molecule has 0 saturated heterocycles. The molecule has 1 unspecified atom stereocenters. The molecule has 1 aliphatic rings. The lowest BCUT2D eigenvalue weighted by Crippen LogP contribution is -2.26. The third kappa shape index (κ3) is 2.30. The van der Waals surface area contributed by atoms with E-state index in [1.807, 2.05) is 19.9 Å². The molecule has 92 valence electrons. The lowest BCUT2D eigenvalue weighted by Gasteiger charge is -2.19. The molecule has 0 aromatic heterocycles. The minimum Gasteiger partial charge on any atom is -0.487 e. The number of nitrogens with two attached hydrogens (primary N) is 1. The van der Waals surface area contributed by atoms with E-state index in [1.54, 1.807) is 6.07 Å². The summed E-state index contributed by atoms with van der Waals surface area (Å²) >= 11 is 3.37. The summed E-state index contributed by atoms with van der Waals surface area (Å²) in [6.07, 6.45) is 0.751. The van der Waals surface area contributed by atoms with Crippen LogP contribution in [0.1, 0.15) is 31.0 Å². The molecule has 1 atom stereocenters. The maximum Gasteiger partial charge on any atom is 0.325 e. The van der Waals surface area contributed by atoms with Crippen molar-refractivity contribution < 1.29 is 14.6 Å². The zero-order valence-corrected chi connectivity index (χ0v) is 11.2. The first kappa shape index (κ1) is 12.4. The predicted octanol–water partition coefficient (Wildman–Crippen LogP) is 2.25. The number of benzene rings is 1. The largest absolute Gasteiger partial charge is 0.487 e. The van der Waals surface area contributed by atoms with E-state index in [1.165, 1.54) is 0 Å². The molecule has 5 heteroatoms. The minimum atomic E-state index is -1.06. The molecule has 0 radical (unpaired) electrons. The summed E-state index contributed by atoms with van der Waals surface area (Å²) in [5.41, 5.74) is 6.88. The lowest BCUT2D eigenvalue weighted by molar-refractivity contribution is -0.138. The molecular weight excluding hydrogens is 286 g/mol. The molecule has 1 aliphatic heterocycles. The summed E-state index contributed by atoms with van der Waals surface area (Å²) in [4.78, 5) is 11.0. The monoisotopic (exact) mass is 299 g/mol. The van der Waals surface area contributed by atoms with Gasteiger partial charge in [0.05, 0.1) is 0 Å². The molecule has 2 rings (SSSR count). The van der Waals surface area contributed by atoms with Crippen molar-refractivity contribution in [3.05, 3.63) is 27.7 Å². The van der Waals surface area contributed by atoms with Gasteiger partial charge in [-0.1, -0.05) is 15.9 Å². The molecule has 0 spiro atoms. The summed E-state index contributed by atoms with van der Waals surface area (Å²) < 4.78 is 6.61. The number of hydrogen-bond donors (Lipinski definition) is 2. The zero-order chi connectivity index (χ0) is 12.8. The molecule has 1 aromatic rings. The summed E-state index contributed by atoms with van der Waals surface area (Å²) in [6.45, 7) is 3.94. The van der Waals surface area contributed by atoms with Gasteiger partial charge >= 0.3 is 5.97 Å². The maximum absolute atomic E-state index is 11.0. The van der Waals surface area contributed by atoms with Crippen LogP contribution in [0, 0.1) is 0 Å². The topological polar surface area (TPSA) is 72.6 Å². The molecule has 0 amide bonds. The van der Waals surface area contributed by atoms with Crippen LogP contribution >= 0.6 is 15.9 Å². The predicted molar refractivity (Wildman–Crippen MR) is 67.1 cm³/mol. The van der Waals surface area contributed by atoms with Crippen LogP contribution in [-0.4, -0.2) is 16.7 Å². The van der Waals surface area contributed by atoms with Gasteiger partial charge in [-0.3, -0.25) is 4.79 Å². The highest BCUT2D eigenvalue weighted by Gasteiger charge is 2.34. The van der Waals surface area contributed by atoms with Crippen molar-refractivity contribution >= 4 is 21.9 Å². The molecule has 0 bridgehead atoms. The standard InChI is InChI=1S/C12H14BrNO3/c1-12(2)5-6-3-7(13)4-8(10(6)17-12)9(14)11(15)16/h3-4,9H,5,14H2,1-2H3,(H,15,16). The Labute approximate surface area is 108 Å². The van der Waals surface area contributed by atoms with Crippen molar-refractivity contribution in [2.45, 2.75) is 31.9 Å². The first-order chi connectivity index (χ1) is 7.80. The molecule has 1 aromatic carbocycles. The number of aliphatic carboxylic acids is 1. The second kappa shape index (κ2) is 3.99. The van der Waals surface area contributed by atoms with Crippen LogP contribution in [0.5, 0.6) is 5.75 Å². The van der Waals surface area contributed by atoms with E-state index in [2.05, 4.69) is 15.9 Å². The summed E-state index contributed by atoms with van der Waals surface area (Å²) in [5.74, 6) is -0.438. The highest BCUT2D eigenvalue weighted by molar-refractivity contribution is 9.10. The Kier molecular flexibility index (Phi) is 2.91. The molecule has 17 heavy (non-hydrogen) atoms. The Hall–Kier alpha value is -1.07. The average molecular weight is 300 g/mol. The zero-order valence-electron chi connectivity index (χ0n) is 9.66. The van der Waals surface area contributed by atoms with E-state index in [-0.39, 0.29) is 5.60 Å². The van der Waals surface area contributed by atoms with Crippen molar-refractivity contribution in [1.29, 1.82) is 0 Å². The SMILES string of the molecule is CC1(C)Cc2cc(Br)cc(C(N)C(=O)O)c2O1. The van der Waals surface area contributed by atoms with Crippen molar-refractivity contribution in [3.8, 4) is 5.75 Å². The van der Waals surface area contributed by atoms with Gasteiger partial charge < -0.3 is 15.6 Å². The second-order valence-corrected chi connectivity index (χ2v) is 5.75. The van der Waals surface area contributed by atoms with E-state index in [9.17, 15) is 4.79 Å². The molecule has 0 saturated carbocycles. The van der Waals surface area contributed by atoms with Crippen LogP contribution in [0.4, 0.5) is 0 Å². The van der Waals surface area contributed by atoms with E-state index >= 15 is 0 Å². The summed E-state index contributed by atoms with van der Waals surface area (Å²) in [5, 5.41) is 8.99. The first-order valence-electron chi connectivity index (χ1n) is 5.30. The van der Waals surface area contributed by atoms with E-state index < -0.39 is 12.0 Å². The number of hydrogen-bond acceptors (Lipinski definition) is 3.